The minimum absolute atomic E-state index is 0.0150. The lowest BCUT2D eigenvalue weighted by molar-refractivity contribution is 0.439. The molecule has 0 fully saturated rings. The first-order chi connectivity index (χ1) is 8.43. The molecule has 2 rings (SSSR count). The Kier molecular flexibility index (Phi) is 3.05. The highest BCUT2D eigenvalue weighted by molar-refractivity contribution is 7.27. The first kappa shape index (κ1) is 12.5. The van der Waals surface area contributed by atoms with Gasteiger partial charge in [-0.05, 0) is 30.7 Å². The fourth-order valence-corrected chi connectivity index (χ4v) is 2.01. The quantitative estimate of drug-likeness (QED) is 0.594. The Balaban J connectivity index is 2.85. The van der Waals surface area contributed by atoms with Crippen molar-refractivity contribution in [3.8, 4) is 34.1 Å². The molecule has 2 aromatic rings. The van der Waals surface area contributed by atoms with Gasteiger partial charge in [-0.15, -0.1) is 9.24 Å². The third-order valence-electron chi connectivity index (χ3n) is 2.79. The van der Waals surface area contributed by atoms with E-state index in [1.54, 1.807) is 13.0 Å². The van der Waals surface area contributed by atoms with E-state index in [-0.39, 0.29) is 34.1 Å². The summed E-state index contributed by atoms with van der Waals surface area (Å²) in [7, 11) is 2.31. The molecule has 5 heteroatoms. The SMILES string of the molecule is Cc1ccc(O)c(-c2c(O)ccc(P)c2O)c1O. The fraction of sp³-hybridized carbons (Fsp3) is 0.0769. The van der Waals surface area contributed by atoms with Crippen LogP contribution in [0.3, 0.4) is 0 Å². The molecule has 0 aromatic heterocycles. The lowest BCUT2D eigenvalue weighted by Gasteiger charge is -2.14. The van der Waals surface area contributed by atoms with Crippen molar-refractivity contribution in [2.45, 2.75) is 6.92 Å². The maximum Gasteiger partial charge on any atom is 0.134 e. The Labute approximate surface area is 106 Å². The third-order valence-corrected chi connectivity index (χ3v) is 3.26. The Morgan fingerprint density at radius 1 is 0.778 bits per heavy atom. The summed E-state index contributed by atoms with van der Waals surface area (Å²) in [5, 5.41) is 40.0. The Morgan fingerprint density at radius 2 is 1.28 bits per heavy atom. The zero-order valence-electron chi connectivity index (χ0n) is 9.68. The van der Waals surface area contributed by atoms with Crippen LogP contribution in [0, 0.1) is 6.92 Å². The van der Waals surface area contributed by atoms with Gasteiger partial charge >= 0.3 is 0 Å². The Hall–Kier alpha value is -1.93. The molecule has 0 radical (unpaired) electrons. The van der Waals surface area contributed by atoms with E-state index < -0.39 is 0 Å². The third kappa shape index (κ3) is 1.85. The van der Waals surface area contributed by atoms with Crippen LogP contribution >= 0.6 is 9.24 Å². The summed E-state index contributed by atoms with van der Waals surface area (Å²) in [6.07, 6.45) is 0. The van der Waals surface area contributed by atoms with E-state index in [0.717, 1.165) is 0 Å². The van der Waals surface area contributed by atoms with E-state index in [2.05, 4.69) is 9.24 Å². The van der Waals surface area contributed by atoms with Gasteiger partial charge in [-0.3, -0.25) is 0 Å². The lowest BCUT2D eigenvalue weighted by atomic mass is 9.99. The molecule has 4 N–H and O–H groups in total. The van der Waals surface area contributed by atoms with Crippen LogP contribution in [-0.4, -0.2) is 20.4 Å². The van der Waals surface area contributed by atoms with Crippen molar-refractivity contribution in [3.05, 3.63) is 29.8 Å². The first-order valence-electron chi connectivity index (χ1n) is 5.25. The number of phenolic OH excluding ortho intramolecular Hbond substituents is 4. The standard InChI is InChI=1S/C13H13O4P/c1-6-2-3-7(14)10(12(6)16)11-8(15)4-5-9(18)13(11)17/h2-5,14-17H,18H2,1H3. The van der Waals surface area contributed by atoms with Gasteiger partial charge in [-0.25, -0.2) is 0 Å². The molecule has 0 saturated carbocycles. The van der Waals surface area contributed by atoms with Crippen molar-refractivity contribution >= 4 is 14.5 Å². The molecule has 94 valence electrons. The minimum atomic E-state index is -0.213. The maximum absolute atomic E-state index is 9.98. The van der Waals surface area contributed by atoms with Gasteiger partial charge in [-0.1, -0.05) is 6.07 Å². The van der Waals surface area contributed by atoms with Crippen LogP contribution in [0.1, 0.15) is 5.56 Å². The van der Waals surface area contributed by atoms with Crippen LogP contribution in [0.25, 0.3) is 11.1 Å². The number of aromatic hydroxyl groups is 4. The van der Waals surface area contributed by atoms with Gasteiger partial charge in [0.15, 0.2) is 0 Å². The van der Waals surface area contributed by atoms with Crippen molar-refractivity contribution in [1.29, 1.82) is 0 Å². The van der Waals surface area contributed by atoms with Gasteiger partial charge in [0.1, 0.15) is 23.0 Å². The van der Waals surface area contributed by atoms with Crippen molar-refractivity contribution < 1.29 is 20.4 Å². The maximum atomic E-state index is 9.98. The van der Waals surface area contributed by atoms with Crippen molar-refractivity contribution in [3.63, 3.8) is 0 Å². The molecule has 18 heavy (non-hydrogen) atoms. The predicted molar refractivity (Wildman–Crippen MR) is 72.6 cm³/mol. The molecule has 4 nitrogen and oxygen atoms in total. The van der Waals surface area contributed by atoms with Crippen LogP contribution in [0.2, 0.25) is 0 Å². The summed E-state index contributed by atoms with van der Waals surface area (Å²) in [5.74, 6) is -0.790. The Bertz CT molecular complexity index is 567. The highest BCUT2D eigenvalue weighted by Gasteiger charge is 2.20. The van der Waals surface area contributed by atoms with Crippen LogP contribution < -0.4 is 5.30 Å². The molecule has 2 aromatic carbocycles. The number of hydrogen-bond acceptors (Lipinski definition) is 4. The molecular weight excluding hydrogens is 251 g/mol. The minimum Gasteiger partial charge on any atom is -0.507 e. The largest absolute Gasteiger partial charge is 0.507 e. The highest BCUT2D eigenvalue weighted by Crippen LogP contribution is 2.46. The van der Waals surface area contributed by atoms with Gasteiger partial charge in [0.2, 0.25) is 0 Å². The van der Waals surface area contributed by atoms with E-state index in [0.29, 0.717) is 10.9 Å². The predicted octanol–water partition coefficient (Wildman–Crippen LogP) is 1.98. The van der Waals surface area contributed by atoms with Gasteiger partial charge in [-0.2, -0.15) is 0 Å². The first-order valence-corrected chi connectivity index (χ1v) is 5.83. The molecule has 1 atom stereocenters. The van der Waals surface area contributed by atoms with Crippen molar-refractivity contribution in [2.75, 3.05) is 0 Å². The van der Waals surface area contributed by atoms with E-state index in [9.17, 15) is 20.4 Å². The molecule has 0 saturated heterocycles. The second kappa shape index (κ2) is 4.39. The van der Waals surface area contributed by atoms with Gasteiger partial charge in [0, 0.05) is 5.30 Å². The van der Waals surface area contributed by atoms with Crippen LogP contribution in [0.15, 0.2) is 24.3 Å². The molecular formula is C13H13O4P. The molecule has 0 heterocycles. The summed E-state index contributed by atoms with van der Waals surface area (Å²) in [4.78, 5) is 0. The van der Waals surface area contributed by atoms with E-state index in [1.165, 1.54) is 18.2 Å². The molecule has 0 spiro atoms. The molecule has 1 unspecified atom stereocenters. The lowest BCUT2D eigenvalue weighted by Crippen LogP contribution is -1.95. The average molecular weight is 264 g/mol. The van der Waals surface area contributed by atoms with Crippen LogP contribution in [0.4, 0.5) is 0 Å². The van der Waals surface area contributed by atoms with E-state index in [4.69, 9.17) is 0 Å². The summed E-state index contributed by atoms with van der Waals surface area (Å²) in [6.45, 7) is 1.66. The summed E-state index contributed by atoms with van der Waals surface area (Å²) >= 11 is 0. The fourth-order valence-electron chi connectivity index (χ4n) is 1.77. The molecule has 0 aliphatic rings. The number of aryl methyl sites for hydroxylation is 1. The van der Waals surface area contributed by atoms with E-state index in [1.807, 2.05) is 0 Å². The molecule has 0 aliphatic carbocycles. The monoisotopic (exact) mass is 264 g/mol. The summed E-state index contributed by atoms with van der Waals surface area (Å²) in [5.41, 5.74) is 0.575. The van der Waals surface area contributed by atoms with Gasteiger partial charge < -0.3 is 20.4 Å². The number of rotatable bonds is 1. The average Bonchev–Trinajstić information content (AvgIpc) is 2.33. The van der Waals surface area contributed by atoms with Gasteiger partial charge in [0.25, 0.3) is 0 Å². The normalized spacial score (nSPS) is 10.6. The van der Waals surface area contributed by atoms with Gasteiger partial charge in [0.05, 0.1) is 11.1 Å². The zero-order valence-corrected chi connectivity index (χ0v) is 10.8. The summed E-state index contributed by atoms with van der Waals surface area (Å²) in [6, 6.07) is 5.85. The number of phenols is 4. The second-order valence-corrected chi connectivity index (χ2v) is 4.64. The number of benzene rings is 2. The summed E-state index contributed by atoms with van der Waals surface area (Å²) < 4.78 is 0. The van der Waals surface area contributed by atoms with Crippen LogP contribution in [0.5, 0.6) is 23.0 Å². The molecule has 0 aliphatic heterocycles. The highest BCUT2D eigenvalue weighted by atomic mass is 31.0. The number of hydrogen-bond donors (Lipinski definition) is 4. The van der Waals surface area contributed by atoms with Crippen LogP contribution in [-0.2, 0) is 0 Å². The van der Waals surface area contributed by atoms with Crippen molar-refractivity contribution in [1.82, 2.24) is 0 Å². The zero-order chi connectivity index (χ0) is 13.4. The van der Waals surface area contributed by atoms with E-state index >= 15 is 0 Å². The molecule has 0 bridgehead atoms. The smallest absolute Gasteiger partial charge is 0.134 e. The second-order valence-electron chi connectivity index (χ2n) is 4.02. The van der Waals surface area contributed by atoms with Crippen molar-refractivity contribution in [2.24, 2.45) is 0 Å². The topological polar surface area (TPSA) is 80.9 Å². The Morgan fingerprint density at radius 3 is 1.89 bits per heavy atom. The molecule has 0 amide bonds.